The summed E-state index contributed by atoms with van der Waals surface area (Å²) in [7, 11) is 1.35. The Bertz CT molecular complexity index is 1010. The van der Waals surface area contributed by atoms with Crippen LogP contribution in [0.1, 0.15) is 16.1 Å². The summed E-state index contributed by atoms with van der Waals surface area (Å²) in [4.78, 5) is 23.4. The van der Waals surface area contributed by atoms with Crippen LogP contribution in [0.4, 0.5) is 0 Å². The second-order valence-corrected chi connectivity index (χ2v) is 4.81. The molecule has 0 atom stereocenters. The van der Waals surface area contributed by atoms with Crippen LogP contribution < -0.4 is 0 Å². The van der Waals surface area contributed by atoms with Gasteiger partial charge in [-0.3, -0.25) is 0 Å². The highest BCUT2D eigenvalue weighted by atomic mass is 16.5. The van der Waals surface area contributed by atoms with Crippen LogP contribution in [0.5, 0.6) is 0 Å². The van der Waals surface area contributed by atoms with Gasteiger partial charge in [-0.2, -0.15) is 0 Å². The molecule has 0 fully saturated rings. The van der Waals surface area contributed by atoms with Crippen LogP contribution in [0.3, 0.4) is 0 Å². The van der Waals surface area contributed by atoms with E-state index < -0.39 is 5.97 Å². The van der Waals surface area contributed by atoms with Crippen molar-refractivity contribution in [2.24, 2.45) is 0 Å². The number of methoxy groups -OCH3 is 1. The van der Waals surface area contributed by atoms with Crippen LogP contribution in [0.15, 0.2) is 28.8 Å². The van der Waals surface area contributed by atoms with Crippen LogP contribution in [0.25, 0.3) is 33.2 Å². The average molecular weight is 281 g/mol. The molecule has 0 saturated heterocycles. The Morgan fingerprint density at radius 2 is 2.24 bits per heavy atom. The fourth-order valence-corrected chi connectivity index (χ4v) is 2.56. The molecule has 4 heterocycles. The topological polar surface area (TPSA) is 81.0 Å². The molecule has 0 aliphatic carbocycles. The molecule has 0 spiro atoms. The van der Waals surface area contributed by atoms with Crippen LogP contribution in [0.2, 0.25) is 0 Å². The number of ether oxygens (including phenoxy) is 1. The summed E-state index contributed by atoms with van der Waals surface area (Å²) in [6.07, 6.45) is 1.68. The van der Waals surface area contributed by atoms with E-state index in [1.165, 1.54) is 7.11 Å². The van der Waals surface area contributed by atoms with Crippen LogP contribution >= 0.6 is 0 Å². The molecule has 0 aliphatic rings. The zero-order valence-corrected chi connectivity index (χ0v) is 11.4. The maximum Gasteiger partial charge on any atom is 0.354 e. The molecular weight excluding hydrogens is 270 g/mol. The van der Waals surface area contributed by atoms with Crippen LogP contribution in [-0.4, -0.2) is 28.0 Å². The number of aromatic nitrogens is 3. The first kappa shape index (κ1) is 11.9. The number of pyridine rings is 2. The van der Waals surface area contributed by atoms with Gasteiger partial charge in [0.25, 0.3) is 0 Å². The van der Waals surface area contributed by atoms with Crippen LogP contribution in [0, 0.1) is 6.92 Å². The quantitative estimate of drug-likeness (QED) is 0.542. The van der Waals surface area contributed by atoms with Gasteiger partial charge in [-0.1, -0.05) is 0 Å². The highest BCUT2D eigenvalue weighted by molar-refractivity contribution is 6.07. The summed E-state index contributed by atoms with van der Waals surface area (Å²) in [5.41, 5.74) is 3.90. The van der Waals surface area contributed by atoms with Gasteiger partial charge in [0.05, 0.1) is 12.5 Å². The summed E-state index contributed by atoms with van der Waals surface area (Å²) in [5, 5.41) is 1.69. The molecule has 4 rings (SSSR count). The number of aryl methyl sites for hydroxylation is 1. The summed E-state index contributed by atoms with van der Waals surface area (Å²) in [5.74, 6) is -0.421. The molecule has 0 bridgehead atoms. The molecule has 0 amide bonds. The van der Waals surface area contributed by atoms with Gasteiger partial charge < -0.3 is 14.1 Å². The lowest BCUT2D eigenvalue weighted by atomic mass is 10.1. The monoisotopic (exact) mass is 281 g/mol. The van der Waals surface area contributed by atoms with Crippen molar-refractivity contribution >= 4 is 39.2 Å². The van der Waals surface area contributed by atoms with E-state index in [0.29, 0.717) is 22.6 Å². The Kier molecular flexibility index (Phi) is 2.29. The first-order valence-electron chi connectivity index (χ1n) is 6.44. The normalized spacial score (nSPS) is 11.5. The van der Waals surface area contributed by atoms with Crippen molar-refractivity contribution in [1.82, 2.24) is 15.0 Å². The number of esters is 1. The molecule has 0 radical (unpaired) electrons. The molecule has 104 valence electrons. The lowest BCUT2D eigenvalue weighted by Crippen LogP contribution is -2.00. The summed E-state index contributed by atoms with van der Waals surface area (Å²) in [6, 6.07) is 5.48. The van der Waals surface area contributed by atoms with E-state index in [9.17, 15) is 4.79 Å². The minimum Gasteiger partial charge on any atom is -0.464 e. The number of H-pyrrole nitrogens is 1. The fourth-order valence-electron chi connectivity index (χ4n) is 2.56. The zero-order chi connectivity index (χ0) is 14.6. The number of hydrogen-bond acceptors (Lipinski definition) is 5. The number of rotatable bonds is 1. The Balaban J connectivity index is 2.12. The van der Waals surface area contributed by atoms with Crippen molar-refractivity contribution < 1.29 is 13.9 Å². The van der Waals surface area contributed by atoms with Crippen molar-refractivity contribution in [2.45, 2.75) is 6.92 Å². The number of carbonyl (C=O) groups is 1. The second kappa shape index (κ2) is 4.05. The summed E-state index contributed by atoms with van der Waals surface area (Å²) >= 11 is 0. The fraction of sp³-hybridized carbons (Fsp3) is 0.133. The Labute approximate surface area is 118 Å². The third kappa shape index (κ3) is 1.56. The first-order valence-corrected chi connectivity index (χ1v) is 6.44. The zero-order valence-electron chi connectivity index (χ0n) is 11.4. The van der Waals surface area contributed by atoms with Crippen molar-refractivity contribution in [3.05, 3.63) is 35.7 Å². The third-order valence-corrected chi connectivity index (χ3v) is 3.61. The number of carbonyl (C=O) groups excluding carboxylic acids is 1. The molecule has 0 aliphatic heterocycles. The van der Waals surface area contributed by atoms with E-state index >= 15 is 0 Å². The molecule has 0 unspecified atom stereocenters. The lowest BCUT2D eigenvalue weighted by Gasteiger charge is -1.96. The summed E-state index contributed by atoms with van der Waals surface area (Å²) < 4.78 is 10.5. The van der Waals surface area contributed by atoms with Crippen molar-refractivity contribution in [2.75, 3.05) is 7.11 Å². The smallest absolute Gasteiger partial charge is 0.354 e. The molecule has 6 nitrogen and oxygen atoms in total. The van der Waals surface area contributed by atoms with E-state index in [4.69, 9.17) is 9.15 Å². The SMILES string of the molecule is COC(=O)c1cc2c(C)c3oc4ncccc4c3nc2[nH]1. The van der Waals surface area contributed by atoms with E-state index in [1.807, 2.05) is 19.1 Å². The predicted molar refractivity (Wildman–Crippen MR) is 77.2 cm³/mol. The Hall–Kier alpha value is -2.89. The Morgan fingerprint density at radius 1 is 1.38 bits per heavy atom. The average Bonchev–Trinajstić information content (AvgIpc) is 3.09. The Morgan fingerprint density at radius 3 is 3.05 bits per heavy atom. The second-order valence-electron chi connectivity index (χ2n) is 4.81. The van der Waals surface area contributed by atoms with E-state index in [0.717, 1.165) is 21.9 Å². The standard InChI is InChI=1S/C15H11N3O3/c1-7-9-6-10(15(19)20-2)17-13(9)18-11-8-4-3-5-16-14(8)21-12(7)11/h3-6H,1-2H3,(H,17,18). The van der Waals surface area contributed by atoms with E-state index in [2.05, 4.69) is 15.0 Å². The molecule has 4 aromatic rings. The van der Waals surface area contributed by atoms with Gasteiger partial charge in [0.15, 0.2) is 5.58 Å². The van der Waals surface area contributed by atoms with Gasteiger partial charge in [-0.05, 0) is 25.1 Å². The highest BCUT2D eigenvalue weighted by Crippen LogP contribution is 2.32. The van der Waals surface area contributed by atoms with Gasteiger partial charge in [0.1, 0.15) is 16.9 Å². The molecule has 1 N–H and O–H groups in total. The molecule has 0 aromatic carbocycles. The molecule has 4 aromatic heterocycles. The number of aromatic amines is 1. The number of furan rings is 1. The first-order chi connectivity index (χ1) is 10.2. The third-order valence-electron chi connectivity index (χ3n) is 3.61. The minimum absolute atomic E-state index is 0.373. The van der Waals surface area contributed by atoms with E-state index in [-0.39, 0.29) is 0 Å². The number of nitrogens with one attached hydrogen (secondary N) is 1. The van der Waals surface area contributed by atoms with Crippen molar-refractivity contribution in [3.63, 3.8) is 0 Å². The van der Waals surface area contributed by atoms with E-state index in [1.54, 1.807) is 12.3 Å². The maximum absolute atomic E-state index is 11.6. The van der Waals surface area contributed by atoms with Gasteiger partial charge in [0, 0.05) is 17.1 Å². The number of nitrogens with zero attached hydrogens (tertiary/aromatic N) is 2. The largest absolute Gasteiger partial charge is 0.464 e. The van der Waals surface area contributed by atoms with Crippen molar-refractivity contribution in [3.8, 4) is 0 Å². The highest BCUT2D eigenvalue weighted by Gasteiger charge is 2.17. The maximum atomic E-state index is 11.6. The molecular formula is C15H11N3O3. The van der Waals surface area contributed by atoms with Gasteiger partial charge in [-0.15, -0.1) is 0 Å². The van der Waals surface area contributed by atoms with Gasteiger partial charge in [-0.25, -0.2) is 14.8 Å². The van der Waals surface area contributed by atoms with Crippen LogP contribution in [-0.2, 0) is 4.74 Å². The van der Waals surface area contributed by atoms with Gasteiger partial charge in [0.2, 0.25) is 5.71 Å². The summed E-state index contributed by atoms with van der Waals surface area (Å²) in [6.45, 7) is 1.93. The molecule has 21 heavy (non-hydrogen) atoms. The number of fused-ring (bicyclic) bond motifs is 4. The molecule has 6 heteroatoms. The lowest BCUT2D eigenvalue weighted by molar-refractivity contribution is 0.0595. The van der Waals surface area contributed by atoms with Gasteiger partial charge >= 0.3 is 5.97 Å². The number of hydrogen-bond donors (Lipinski definition) is 1. The minimum atomic E-state index is -0.421. The molecule has 0 saturated carbocycles. The predicted octanol–water partition coefficient (Wildman–Crippen LogP) is 2.95. The van der Waals surface area contributed by atoms with Crippen molar-refractivity contribution in [1.29, 1.82) is 0 Å².